The van der Waals surface area contributed by atoms with Gasteiger partial charge in [-0.15, -0.1) is 0 Å². The van der Waals surface area contributed by atoms with Crippen LogP contribution in [0.15, 0.2) is 27.4 Å². The molecule has 1 amide bonds. The van der Waals surface area contributed by atoms with Crippen LogP contribution in [-0.2, 0) is 16.0 Å². The van der Waals surface area contributed by atoms with Crippen molar-refractivity contribution in [3.63, 3.8) is 0 Å². The zero-order chi connectivity index (χ0) is 31.6. The number of carbonyl (C=O) groups is 2. The lowest BCUT2D eigenvalue weighted by molar-refractivity contribution is -0.174. The summed E-state index contributed by atoms with van der Waals surface area (Å²) < 4.78 is 5.41. The van der Waals surface area contributed by atoms with Crippen LogP contribution >= 0.6 is 0 Å². The van der Waals surface area contributed by atoms with Crippen LogP contribution in [0.25, 0.3) is 11.0 Å². The van der Waals surface area contributed by atoms with Crippen molar-refractivity contribution in [1.82, 2.24) is 0 Å². The van der Waals surface area contributed by atoms with Crippen molar-refractivity contribution in [3.8, 4) is 0 Å². The van der Waals surface area contributed by atoms with Gasteiger partial charge < -0.3 is 25.1 Å². The normalized spacial score (nSPS) is 37.1. The second-order valence-corrected chi connectivity index (χ2v) is 15.3. The number of aryl methyl sites for hydroxylation is 1. The van der Waals surface area contributed by atoms with Crippen LogP contribution in [-0.4, -0.2) is 39.4 Å². The maximum atomic E-state index is 13.0. The fourth-order valence-corrected chi connectivity index (χ4v) is 10.8. The summed E-state index contributed by atoms with van der Waals surface area (Å²) in [4.78, 5) is 36.6. The number of hydrogen-bond donors (Lipinski definition) is 4. The third-order valence-electron chi connectivity index (χ3n) is 13.1. The number of anilines is 1. The van der Waals surface area contributed by atoms with Gasteiger partial charge in [0.05, 0.1) is 24.2 Å². The summed E-state index contributed by atoms with van der Waals surface area (Å²) >= 11 is 0. The molecule has 1 aromatic carbocycles. The Morgan fingerprint density at radius 3 is 2.52 bits per heavy atom. The fraction of sp³-hybridized carbons (Fsp3) is 0.694. The van der Waals surface area contributed by atoms with E-state index in [0.29, 0.717) is 64.1 Å². The maximum absolute atomic E-state index is 13.0. The predicted octanol–water partition coefficient (Wildman–Crippen LogP) is 6.07. The Morgan fingerprint density at radius 2 is 1.77 bits per heavy atom. The highest BCUT2D eigenvalue weighted by Crippen LogP contribution is 2.68. The third kappa shape index (κ3) is 5.30. The van der Waals surface area contributed by atoms with E-state index in [9.17, 15) is 24.6 Å². The Hall–Kier alpha value is -2.71. The molecule has 4 aliphatic rings. The second-order valence-electron chi connectivity index (χ2n) is 15.3. The van der Waals surface area contributed by atoms with Gasteiger partial charge in [-0.2, -0.15) is 0 Å². The van der Waals surface area contributed by atoms with Crippen LogP contribution < -0.4 is 10.9 Å². The zero-order valence-electron chi connectivity index (χ0n) is 26.6. The summed E-state index contributed by atoms with van der Waals surface area (Å²) in [6.07, 6.45) is 8.51. The van der Waals surface area contributed by atoms with E-state index in [2.05, 4.69) is 26.1 Å². The molecule has 4 saturated carbocycles. The minimum atomic E-state index is -1.09. The first-order valence-electron chi connectivity index (χ1n) is 16.8. The van der Waals surface area contributed by atoms with Crippen LogP contribution in [0.5, 0.6) is 0 Å². The Kier molecular flexibility index (Phi) is 8.23. The SMILES string of the molecule is Cc1c(CC(=O)O)c(=O)oc2cc(NC(=O)CCC(C)C3CCC4C5C(O)CC6CC(O)CCC6(C)C5CCC34C)ccc12. The summed E-state index contributed by atoms with van der Waals surface area (Å²) in [6, 6.07) is 5.14. The molecule has 0 bridgehead atoms. The molecule has 8 nitrogen and oxygen atoms in total. The first kappa shape index (κ1) is 31.3. The standard InChI is InChI=1S/C36H49NO7/c1-19(5-10-31(40)37-22-6-7-24-20(2)25(18-32(41)42)34(43)44-30(24)17-22)26-8-9-27-33-28(12-14-36(26,27)4)35(3)13-11-23(38)15-21(35)16-29(33)39/h6-7,17,19,21,23,26-29,33,38-39H,5,8-16,18H2,1-4H3,(H,37,40)(H,41,42). The van der Waals surface area contributed by atoms with Crippen molar-refractivity contribution in [2.24, 2.45) is 46.3 Å². The van der Waals surface area contributed by atoms with Gasteiger partial charge in [-0.1, -0.05) is 20.8 Å². The summed E-state index contributed by atoms with van der Waals surface area (Å²) in [7, 11) is 0. The molecule has 2 aromatic rings. The Morgan fingerprint density at radius 1 is 1.05 bits per heavy atom. The Labute approximate surface area is 259 Å². The van der Waals surface area contributed by atoms with Crippen molar-refractivity contribution in [2.75, 3.05) is 5.32 Å². The number of aliphatic hydroxyl groups is 2. The number of hydrogen-bond acceptors (Lipinski definition) is 6. The smallest absolute Gasteiger partial charge is 0.340 e. The molecule has 0 radical (unpaired) electrons. The molecule has 1 heterocycles. The lowest BCUT2D eigenvalue weighted by Gasteiger charge is -2.62. The van der Waals surface area contributed by atoms with Crippen molar-refractivity contribution in [3.05, 3.63) is 39.7 Å². The Balaban J connectivity index is 1.09. The van der Waals surface area contributed by atoms with E-state index in [1.165, 1.54) is 6.42 Å². The first-order chi connectivity index (χ1) is 20.8. The summed E-state index contributed by atoms with van der Waals surface area (Å²) in [5.74, 6) is 1.52. The van der Waals surface area contributed by atoms with Gasteiger partial charge >= 0.3 is 11.6 Å². The van der Waals surface area contributed by atoms with Crippen LogP contribution in [0.2, 0.25) is 0 Å². The number of rotatable bonds is 7. The molecule has 4 aliphatic carbocycles. The van der Waals surface area contributed by atoms with E-state index in [1.807, 2.05) is 0 Å². The monoisotopic (exact) mass is 607 g/mol. The number of fused-ring (bicyclic) bond motifs is 6. The fourth-order valence-electron chi connectivity index (χ4n) is 10.8. The van der Waals surface area contributed by atoms with Gasteiger partial charge in [0.1, 0.15) is 5.58 Å². The molecule has 4 fully saturated rings. The van der Waals surface area contributed by atoms with Crippen molar-refractivity contribution >= 4 is 28.5 Å². The highest BCUT2D eigenvalue weighted by Gasteiger charge is 2.62. The van der Waals surface area contributed by atoms with Gasteiger partial charge in [0.15, 0.2) is 0 Å². The number of carbonyl (C=O) groups excluding carboxylic acids is 1. The van der Waals surface area contributed by atoms with E-state index >= 15 is 0 Å². The quantitative estimate of drug-likeness (QED) is 0.280. The van der Waals surface area contributed by atoms with Gasteiger partial charge in [-0.05, 0) is 129 Å². The van der Waals surface area contributed by atoms with Gasteiger partial charge in [0.2, 0.25) is 5.91 Å². The van der Waals surface area contributed by atoms with Crippen molar-refractivity contribution in [2.45, 2.75) is 111 Å². The predicted molar refractivity (Wildman–Crippen MR) is 168 cm³/mol. The maximum Gasteiger partial charge on any atom is 0.340 e. The lowest BCUT2D eigenvalue weighted by Crippen LogP contribution is -2.58. The highest BCUT2D eigenvalue weighted by molar-refractivity contribution is 5.94. The van der Waals surface area contributed by atoms with Crippen LogP contribution in [0, 0.1) is 53.3 Å². The number of carboxylic acid groups (broad SMARTS) is 1. The molecule has 240 valence electrons. The summed E-state index contributed by atoms with van der Waals surface area (Å²) in [5, 5.41) is 34.6. The van der Waals surface area contributed by atoms with E-state index in [1.54, 1.807) is 25.1 Å². The molecule has 4 N–H and O–H groups in total. The van der Waals surface area contributed by atoms with Gasteiger partial charge in [-0.3, -0.25) is 9.59 Å². The summed E-state index contributed by atoms with van der Waals surface area (Å²) in [5.41, 5.74) is 1.30. The van der Waals surface area contributed by atoms with E-state index < -0.39 is 18.0 Å². The topological polar surface area (TPSA) is 137 Å². The largest absolute Gasteiger partial charge is 0.481 e. The minimum Gasteiger partial charge on any atom is -0.481 e. The van der Waals surface area contributed by atoms with E-state index in [0.717, 1.165) is 51.4 Å². The van der Waals surface area contributed by atoms with Crippen molar-refractivity contribution < 1.29 is 29.3 Å². The number of aliphatic carboxylic acids is 1. The molecule has 44 heavy (non-hydrogen) atoms. The van der Waals surface area contributed by atoms with Crippen LogP contribution in [0.4, 0.5) is 5.69 Å². The van der Waals surface area contributed by atoms with Crippen molar-refractivity contribution in [1.29, 1.82) is 0 Å². The van der Waals surface area contributed by atoms with Crippen LogP contribution in [0.1, 0.15) is 96.1 Å². The molecule has 0 spiro atoms. The molecule has 6 rings (SSSR count). The summed E-state index contributed by atoms with van der Waals surface area (Å²) in [6.45, 7) is 8.91. The zero-order valence-corrected chi connectivity index (χ0v) is 26.6. The van der Waals surface area contributed by atoms with Gasteiger partial charge in [0, 0.05) is 23.6 Å². The average molecular weight is 608 g/mol. The van der Waals surface area contributed by atoms with Gasteiger partial charge in [0.25, 0.3) is 0 Å². The van der Waals surface area contributed by atoms with Crippen LogP contribution in [0.3, 0.4) is 0 Å². The molecule has 0 aliphatic heterocycles. The average Bonchev–Trinajstić information content (AvgIpc) is 3.32. The highest BCUT2D eigenvalue weighted by atomic mass is 16.4. The number of nitrogens with one attached hydrogen (secondary N) is 1. The Bertz CT molecular complexity index is 1500. The number of benzene rings is 1. The molecular weight excluding hydrogens is 558 g/mol. The van der Waals surface area contributed by atoms with Gasteiger partial charge in [-0.25, -0.2) is 4.79 Å². The second kappa shape index (κ2) is 11.6. The van der Waals surface area contributed by atoms with E-state index in [4.69, 9.17) is 9.52 Å². The molecule has 10 atom stereocenters. The lowest BCUT2D eigenvalue weighted by atomic mass is 9.43. The molecular formula is C36H49NO7. The minimum absolute atomic E-state index is 0.0812. The number of aliphatic hydroxyl groups excluding tert-OH is 2. The van der Waals surface area contributed by atoms with E-state index in [-0.39, 0.29) is 34.5 Å². The number of amides is 1. The molecule has 10 unspecified atom stereocenters. The first-order valence-corrected chi connectivity index (χ1v) is 16.8. The molecule has 8 heteroatoms. The number of carboxylic acids is 1. The molecule has 0 saturated heterocycles. The third-order valence-corrected chi connectivity index (χ3v) is 13.1. The molecule has 1 aromatic heterocycles.